The number of carbonyl (C=O) groups is 5. The molecule has 5 aromatic carbocycles. The van der Waals surface area contributed by atoms with Gasteiger partial charge in [0.15, 0.2) is 23.3 Å². The highest BCUT2D eigenvalue weighted by Crippen LogP contribution is 2.43. The number of imidazole rings is 2. The highest BCUT2D eigenvalue weighted by Gasteiger charge is 2.39. The number of hydrogen-bond acceptors (Lipinski definition) is 14. The number of anilines is 4. The number of amides is 2. The zero-order valence-electron chi connectivity index (χ0n) is 56.4. The molecule has 1 saturated heterocycles. The number of carbonyl (C=O) groups excluding carboxylic acids is 4. The molecule has 15 rings (SSSR count). The Labute approximate surface area is 655 Å². The van der Waals surface area contributed by atoms with Gasteiger partial charge in [0, 0.05) is 98.8 Å². The Morgan fingerprint density at radius 2 is 1.22 bits per heavy atom. The monoisotopic (exact) mass is 1970 g/mol. The highest BCUT2D eigenvalue weighted by atomic mass is 127. The first-order chi connectivity index (χ1) is 48.5. The van der Waals surface area contributed by atoms with E-state index >= 15 is 0 Å². The van der Waals surface area contributed by atoms with Crippen LogP contribution in [0.3, 0.4) is 0 Å². The predicted octanol–water partition coefficient (Wildman–Crippen LogP) is 14.7. The zero-order chi connectivity index (χ0) is 74.7. The lowest BCUT2D eigenvalue weighted by atomic mass is 10.0. The molecule has 0 bridgehead atoms. The van der Waals surface area contributed by atoms with E-state index in [2.05, 4.69) is 37.9 Å². The smallest absolute Gasteiger partial charge is 0.300 e. The molecule has 7 aliphatic rings. The maximum atomic E-state index is 13.8. The quantitative estimate of drug-likeness (QED) is 0.0156. The molecule has 542 valence electrons. The summed E-state index contributed by atoms with van der Waals surface area (Å²) in [6, 6.07) is 17.5. The molecule has 2 atom stereocenters. The van der Waals surface area contributed by atoms with Gasteiger partial charge in [-0.2, -0.15) is 5.10 Å². The number of aldehydes is 1. The number of hydrogen-bond donors (Lipinski definition) is 6. The van der Waals surface area contributed by atoms with E-state index in [1.165, 1.54) is 50.3 Å². The van der Waals surface area contributed by atoms with Gasteiger partial charge in [-0.05, 0) is 262 Å². The van der Waals surface area contributed by atoms with Crippen molar-refractivity contribution < 1.29 is 55.8 Å². The third-order valence-electron chi connectivity index (χ3n) is 17.4. The molecule has 5 heterocycles. The number of methoxy groups -OCH3 is 1. The van der Waals surface area contributed by atoms with Gasteiger partial charge in [0.1, 0.15) is 63.3 Å². The summed E-state index contributed by atoms with van der Waals surface area (Å²) in [5.74, 6) is 4.44. The van der Waals surface area contributed by atoms with Crippen LogP contribution in [0.25, 0.3) is 22.1 Å². The number of terminal acetylenes is 1. The van der Waals surface area contributed by atoms with E-state index in [1.54, 1.807) is 60.1 Å². The number of aromatic nitrogens is 6. The van der Waals surface area contributed by atoms with Crippen molar-refractivity contribution in [2.75, 3.05) is 49.8 Å². The summed E-state index contributed by atoms with van der Waals surface area (Å²) < 4.78 is 81.5. The Hall–Kier alpha value is -6.57. The Kier molecular flexibility index (Phi) is 29.0. The minimum Gasteiger partial charge on any atom is -0.481 e. The first-order valence-corrected chi connectivity index (χ1v) is 37.9. The Morgan fingerprint density at radius 3 is 1.66 bits per heavy atom. The number of nitrogens with two attached hydrogens (primary N) is 4. The second-order valence-electron chi connectivity index (χ2n) is 25.2. The van der Waals surface area contributed by atoms with Crippen LogP contribution < -0.4 is 28.3 Å². The summed E-state index contributed by atoms with van der Waals surface area (Å²) in [7, 11) is 7.18. The molecule has 5 saturated carbocycles. The summed E-state index contributed by atoms with van der Waals surface area (Å²) in [4.78, 5) is 68.8. The van der Waals surface area contributed by atoms with Crippen molar-refractivity contribution in [2.45, 2.75) is 114 Å². The lowest BCUT2D eigenvalue weighted by Gasteiger charge is -2.22. The first kappa shape index (κ1) is 81.1. The van der Waals surface area contributed by atoms with Gasteiger partial charge in [0.05, 0.1) is 55.4 Å². The zero-order valence-corrected chi connectivity index (χ0v) is 67.2. The van der Waals surface area contributed by atoms with Crippen LogP contribution in [-0.4, -0.2) is 108 Å². The van der Waals surface area contributed by atoms with Gasteiger partial charge in [0.2, 0.25) is 5.91 Å². The van der Waals surface area contributed by atoms with E-state index in [0.29, 0.717) is 94.9 Å². The molecule has 2 amide bonds. The maximum Gasteiger partial charge on any atom is 0.300 e. The fraction of sp³-hybridized carbons (Fsp3) is 0.375. The van der Waals surface area contributed by atoms with E-state index in [9.17, 15) is 41.1 Å². The molecule has 20 nitrogen and oxygen atoms in total. The first-order valence-electron chi connectivity index (χ1n) is 32.5. The molecule has 0 spiro atoms. The summed E-state index contributed by atoms with van der Waals surface area (Å²) in [5, 5.41) is 14.7. The molecule has 10 N–H and O–H groups in total. The van der Waals surface area contributed by atoms with E-state index in [0.717, 1.165) is 73.6 Å². The number of aryl methyl sites for hydroxylation is 2. The van der Waals surface area contributed by atoms with Crippen LogP contribution in [0.5, 0.6) is 0 Å². The fourth-order valence-corrected chi connectivity index (χ4v) is 13.4. The molecule has 2 aliphatic heterocycles. The number of ketones is 1. The molecule has 6 fully saturated rings. The minimum atomic E-state index is -0.833. The average Bonchev–Trinajstić information content (AvgIpc) is 1.64. The van der Waals surface area contributed by atoms with Gasteiger partial charge < -0.3 is 56.9 Å². The molecule has 102 heavy (non-hydrogen) atoms. The largest absolute Gasteiger partial charge is 0.481 e. The second kappa shape index (κ2) is 36.4. The number of fused-ring (bicyclic) bond motifs is 3. The number of nitrogens with one attached hydrogen (secondary N) is 1. The highest BCUT2D eigenvalue weighted by molar-refractivity contribution is 14.1. The van der Waals surface area contributed by atoms with Crippen LogP contribution >= 0.6 is 113 Å². The number of nitrogen functional groups attached to an aromatic ring is 3. The molecule has 0 radical (unpaired) electrons. The number of primary amides is 1. The SMILES string of the molecule is C#Cc1nn([C@H]2C[C@H](COC)N(C(=O)C=C)C2)c(NC)c1C(N)=O.CC(=O)O.Cn1c(C2CC2)nc2c(F)c(I)ccc21.Cn1c(C2CC2)nc2c(F)c(I)ccc21.Fc1c(I)ccc2c1N=C(C1CC1)C2.Nc1ccc(I)c(F)c1CC(=O)C1CC1.Nc1ccc(I)c(F)c1N.O=CC1CC1. The van der Waals surface area contributed by atoms with Gasteiger partial charge in [0.25, 0.3) is 11.9 Å². The number of benzene rings is 5. The Bertz CT molecular complexity index is 4430. The third kappa shape index (κ3) is 20.7. The Balaban J connectivity index is 0.000000154. The molecule has 8 aromatic rings. The fourth-order valence-electron chi connectivity index (χ4n) is 11.1. The Morgan fingerprint density at radius 1 is 0.725 bits per heavy atom. The molecule has 3 aromatic heterocycles. The van der Waals surface area contributed by atoms with Crippen molar-refractivity contribution in [3.63, 3.8) is 0 Å². The third-order valence-corrected chi connectivity index (χ3v) is 21.5. The molecule has 30 heteroatoms. The maximum absolute atomic E-state index is 13.8. The van der Waals surface area contributed by atoms with Crippen LogP contribution in [-0.2, 0) is 50.9 Å². The number of aliphatic imine (C=N–C) groups is 1. The van der Waals surface area contributed by atoms with Crippen molar-refractivity contribution in [1.29, 1.82) is 0 Å². The topological polar surface area (TPSA) is 300 Å². The van der Waals surface area contributed by atoms with E-state index in [-0.39, 0.29) is 82.0 Å². The lowest BCUT2D eigenvalue weighted by Crippen LogP contribution is -2.37. The van der Waals surface area contributed by atoms with Crippen molar-refractivity contribution in [2.24, 2.45) is 42.6 Å². The number of ether oxygens (including phenoxy) is 1. The van der Waals surface area contributed by atoms with Gasteiger partial charge >= 0.3 is 0 Å². The van der Waals surface area contributed by atoms with E-state index in [4.69, 9.17) is 44.0 Å². The van der Waals surface area contributed by atoms with Gasteiger partial charge in [-0.3, -0.25) is 24.2 Å². The minimum absolute atomic E-state index is 0.0342. The lowest BCUT2D eigenvalue weighted by molar-refractivity contribution is -0.134. The second-order valence-corrected chi connectivity index (χ2v) is 31.0. The number of nitrogens with zero attached hydrogens (tertiary/aromatic N) is 8. The summed E-state index contributed by atoms with van der Waals surface area (Å²) >= 11 is 9.78. The normalized spacial score (nSPS) is 16.6. The summed E-state index contributed by atoms with van der Waals surface area (Å²) in [6.07, 6.45) is 20.8. The predicted molar refractivity (Wildman–Crippen MR) is 428 cm³/mol. The number of likely N-dealkylation sites (tertiary alicyclic amines) is 1. The van der Waals surface area contributed by atoms with E-state index < -0.39 is 17.7 Å². The molecular weight excluding hydrogens is 1890 g/mol. The summed E-state index contributed by atoms with van der Waals surface area (Å²) in [5.41, 5.74) is 28.8. The van der Waals surface area contributed by atoms with Gasteiger partial charge in [-0.25, -0.2) is 36.6 Å². The molecule has 0 unspecified atom stereocenters. The van der Waals surface area contributed by atoms with Gasteiger partial charge in [-0.1, -0.05) is 12.6 Å². The number of rotatable bonds is 13. The van der Waals surface area contributed by atoms with Crippen molar-refractivity contribution in [1.82, 2.24) is 33.8 Å². The van der Waals surface area contributed by atoms with E-state index in [1.807, 2.05) is 160 Å². The average molecular weight is 1970 g/mol. The standard InChI is InChI=1S/C16H21N5O3.2C11H10FIN2.C11H11FINO.C11H9FIN.C6H6FIN2.C4H6O.C2H4O2/c1-5-12-14(15(17)23)16(18-3)21(19-12)10-7-11(9-24-4)20(8-10)13(22)6-2;2*1-15-8-5-4-7(13)9(12)10(8)14-11(15)6-2-3-6;12-11-7(5-10(15)6-1-2-6)9(14)4-3-8(11)13;12-10-8(13)4-3-7-5-9(6-1-2-6)14-11(7)10;7-5-3(8)1-2-4(9)6(5)10;5-3-4-1-2-4;1-2(3)4/h1,6,10-11,18H,2,7-9H2,3-4H3,(H2,17,23);2*4-6H,2-3H2,1H3;3-4,6H,1-2,5,14H2;3-4,6H,1-2,5H2;1-2H,9-10H2;3-4H,1-2H2;1H3,(H,3,4)/t10-,11+;;;;;;;/m0......./s1. The van der Waals surface area contributed by atoms with Crippen LogP contribution in [0.4, 0.5) is 50.5 Å². The number of aliphatic carboxylic acids is 1. The van der Waals surface area contributed by atoms with Crippen LogP contribution in [0, 0.1) is 77.0 Å². The number of carboxylic acids is 1. The summed E-state index contributed by atoms with van der Waals surface area (Å²) in [6.45, 7) is 5.43. The molecule has 5 aliphatic carbocycles. The van der Waals surface area contributed by atoms with Gasteiger partial charge in [-0.15, -0.1) is 6.42 Å². The van der Waals surface area contributed by atoms with Crippen LogP contribution in [0.2, 0.25) is 0 Å². The van der Waals surface area contributed by atoms with Crippen molar-refractivity contribution in [3.05, 3.63) is 154 Å². The number of carboxylic acid groups (broad SMARTS) is 1. The molecular formula is C72H77F5I5N13O7. The van der Waals surface area contributed by atoms with Crippen LogP contribution in [0.1, 0.15) is 134 Å². The van der Waals surface area contributed by atoms with Crippen molar-refractivity contribution >= 4 is 199 Å². The van der Waals surface area contributed by atoms with Crippen LogP contribution in [0.15, 0.2) is 78.3 Å². The van der Waals surface area contributed by atoms with Crippen molar-refractivity contribution in [3.8, 4) is 12.3 Å². The number of halogens is 10. The number of Topliss-reactive ketones (excluding diaryl/α,β-unsaturated/α-hetero) is 1.